The third-order valence-electron chi connectivity index (χ3n) is 5.59. The first-order valence-corrected chi connectivity index (χ1v) is 13.2. The van der Waals surface area contributed by atoms with Crippen LogP contribution in [0, 0.1) is 12.7 Å². The molecule has 0 aliphatic rings. The summed E-state index contributed by atoms with van der Waals surface area (Å²) >= 11 is 0. The molecule has 0 saturated carbocycles. The van der Waals surface area contributed by atoms with E-state index in [1.165, 1.54) is 29.2 Å². The van der Waals surface area contributed by atoms with Crippen LogP contribution in [0.3, 0.4) is 0 Å². The summed E-state index contributed by atoms with van der Waals surface area (Å²) in [5.74, 6) is -0.933. The van der Waals surface area contributed by atoms with Crippen LogP contribution in [0.25, 0.3) is 0 Å². The molecule has 1 unspecified atom stereocenters. The Labute approximate surface area is 202 Å². The lowest BCUT2D eigenvalue weighted by Crippen LogP contribution is -2.48. The van der Waals surface area contributed by atoms with E-state index in [0.717, 1.165) is 28.1 Å². The standard InChI is InChI=1S/C25H34FN3O4S/c1-5-16-27-25(31)20(3)28(18-21-10-7-6-9-19(21)2)24(30)11-8-17-29(34(4,32)33)23-14-12-22(26)13-15-23/h6-7,9-10,12-15,20H,5,8,11,16-18H2,1-4H3,(H,27,31). The number of nitrogens with zero attached hydrogens (tertiary/aromatic N) is 2. The highest BCUT2D eigenvalue weighted by Gasteiger charge is 2.26. The lowest BCUT2D eigenvalue weighted by molar-refractivity contribution is -0.140. The van der Waals surface area contributed by atoms with Crippen molar-refractivity contribution in [2.24, 2.45) is 0 Å². The third kappa shape index (κ3) is 7.83. The van der Waals surface area contributed by atoms with Crippen molar-refractivity contribution in [1.29, 1.82) is 0 Å². The van der Waals surface area contributed by atoms with Crippen molar-refractivity contribution in [2.75, 3.05) is 23.7 Å². The zero-order valence-electron chi connectivity index (χ0n) is 20.3. The van der Waals surface area contributed by atoms with E-state index >= 15 is 0 Å². The maximum atomic E-state index is 13.3. The Bertz CT molecular complexity index is 1070. The molecule has 0 saturated heterocycles. The van der Waals surface area contributed by atoms with Crippen molar-refractivity contribution in [3.63, 3.8) is 0 Å². The number of rotatable bonds is 12. The van der Waals surface area contributed by atoms with Crippen LogP contribution in [0.5, 0.6) is 0 Å². The molecule has 0 spiro atoms. The fourth-order valence-electron chi connectivity index (χ4n) is 3.56. The number of amides is 2. The fraction of sp³-hybridized carbons (Fsp3) is 0.440. The van der Waals surface area contributed by atoms with Crippen LogP contribution >= 0.6 is 0 Å². The van der Waals surface area contributed by atoms with Crippen LogP contribution in [0.1, 0.15) is 44.2 Å². The lowest BCUT2D eigenvalue weighted by Gasteiger charge is -2.30. The summed E-state index contributed by atoms with van der Waals surface area (Å²) in [4.78, 5) is 27.4. The summed E-state index contributed by atoms with van der Waals surface area (Å²) in [5.41, 5.74) is 2.29. The Hall–Kier alpha value is -2.94. The van der Waals surface area contributed by atoms with Crippen molar-refractivity contribution in [3.05, 3.63) is 65.5 Å². The smallest absolute Gasteiger partial charge is 0.242 e. The Morgan fingerprint density at radius 2 is 1.74 bits per heavy atom. The van der Waals surface area contributed by atoms with Gasteiger partial charge in [0, 0.05) is 26.1 Å². The molecule has 0 heterocycles. The molecular formula is C25H34FN3O4S. The van der Waals surface area contributed by atoms with Gasteiger partial charge in [-0.3, -0.25) is 13.9 Å². The molecule has 1 atom stereocenters. The van der Waals surface area contributed by atoms with Crippen LogP contribution in [0.15, 0.2) is 48.5 Å². The summed E-state index contributed by atoms with van der Waals surface area (Å²) in [5, 5.41) is 2.84. The normalized spacial score (nSPS) is 12.1. The molecule has 2 rings (SSSR count). The first kappa shape index (κ1) is 27.3. The number of carbonyl (C=O) groups excluding carboxylic acids is 2. The van der Waals surface area contributed by atoms with Gasteiger partial charge in [0.05, 0.1) is 11.9 Å². The van der Waals surface area contributed by atoms with Gasteiger partial charge in [-0.1, -0.05) is 31.2 Å². The average Bonchev–Trinajstić information content (AvgIpc) is 2.79. The second-order valence-electron chi connectivity index (χ2n) is 8.33. The van der Waals surface area contributed by atoms with Gasteiger partial charge in [-0.15, -0.1) is 0 Å². The number of anilines is 1. The van der Waals surface area contributed by atoms with Crippen LogP contribution in [-0.4, -0.2) is 50.5 Å². The van der Waals surface area contributed by atoms with Crippen molar-refractivity contribution >= 4 is 27.5 Å². The van der Waals surface area contributed by atoms with Crippen LogP contribution in [-0.2, 0) is 26.2 Å². The predicted octanol–water partition coefficient (Wildman–Crippen LogP) is 3.62. The van der Waals surface area contributed by atoms with Gasteiger partial charge in [0.25, 0.3) is 0 Å². The Kier molecular flexibility index (Phi) is 10.0. The predicted molar refractivity (Wildman–Crippen MR) is 132 cm³/mol. The molecule has 34 heavy (non-hydrogen) atoms. The van der Waals surface area contributed by atoms with Crippen molar-refractivity contribution in [3.8, 4) is 0 Å². The van der Waals surface area contributed by atoms with Crippen molar-refractivity contribution in [1.82, 2.24) is 10.2 Å². The quantitative estimate of drug-likeness (QED) is 0.491. The topological polar surface area (TPSA) is 86.8 Å². The molecule has 186 valence electrons. The lowest BCUT2D eigenvalue weighted by atomic mass is 10.1. The minimum Gasteiger partial charge on any atom is -0.354 e. The van der Waals surface area contributed by atoms with E-state index in [4.69, 9.17) is 0 Å². The second-order valence-corrected chi connectivity index (χ2v) is 10.2. The molecule has 2 amide bonds. The molecular weight excluding hydrogens is 457 g/mol. The molecule has 0 fully saturated rings. The van der Waals surface area contributed by atoms with Gasteiger partial charge in [-0.05, 0) is 62.1 Å². The summed E-state index contributed by atoms with van der Waals surface area (Å²) in [7, 11) is -3.62. The summed E-state index contributed by atoms with van der Waals surface area (Å²) < 4.78 is 39.0. The van der Waals surface area contributed by atoms with Gasteiger partial charge in [0.2, 0.25) is 21.8 Å². The van der Waals surface area contributed by atoms with E-state index in [1.54, 1.807) is 6.92 Å². The van der Waals surface area contributed by atoms with E-state index in [9.17, 15) is 22.4 Å². The number of nitrogens with one attached hydrogen (secondary N) is 1. The molecule has 1 N–H and O–H groups in total. The first-order valence-electron chi connectivity index (χ1n) is 11.4. The van der Waals surface area contributed by atoms with Gasteiger partial charge in [-0.25, -0.2) is 12.8 Å². The molecule has 0 aromatic heterocycles. The largest absolute Gasteiger partial charge is 0.354 e. The minimum absolute atomic E-state index is 0.0600. The summed E-state index contributed by atoms with van der Waals surface area (Å²) in [6, 6.07) is 12.2. The Balaban J connectivity index is 2.15. The SMILES string of the molecule is CCCNC(=O)C(C)N(Cc1ccccc1C)C(=O)CCCN(c1ccc(F)cc1)S(C)(=O)=O. The zero-order chi connectivity index (χ0) is 25.3. The highest BCUT2D eigenvalue weighted by atomic mass is 32.2. The fourth-order valence-corrected chi connectivity index (χ4v) is 4.53. The summed E-state index contributed by atoms with van der Waals surface area (Å²) in [6.45, 7) is 6.46. The van der Waals surface area contributed by atoms with E-state index < -0.39 is 21.9 Å². The minimum atomic E-state index is -3.62. The summed E-state index contributed by atoms with van der Waals surface area (Å²) in [6.07, 6.45) is 2.17. The molecule has 0 radical (unpaired) electrons. The third-order valence-corrected chi connectivity index (χ3v) is 6.78. The van der Waals surface area contributed by atoms with Gasteiger partial charge < -0.3 is 10.2 Å². The maximum Gasteiger partial charge on any atom is 0.242 e. The molecule has 0 aliphatic heterocycles. The number of hydrogen-bond acceptors (Lipinski definition) is 4. The highest BCUT2D eigenvalue weighted by molar-refractivity contribution is 7.92. The number of halogens is 1. The van der Waals surface area contributed by atoms with Gasteiger partial charge >= 0.3 is 0 Å². The number of aryl methyl sites for hydroxylation is 1. The monoisotopic (exact) mass is 491 g/mol. The zero-order valence-corrected chi connectivity index (χ0v) is 21.1. The van der Waals surface area contributed by atoms with Crippen molar-refractivity contribution in [2.45, 2.75) is 52.6 Å². The Morgan fingerprint density at radius 3 is 2.32 bits per heavy atom. The van der Waals surface area contributed by atoms with Crippen molar-refractivity contribution < 1.29 is 22.4 Å². The molecule has 2 aromatic rings. The van der Waals surface area contributed by atoms with E-state index in [0.29, 0.717) is 12.2 Å². The van der Waals surface area contributed by atoms with Gasteiger partial charge in [0.1, 0.15) is 11.9 Å². The van der Waals surface area contributed by atoms with Gasteiger partial charge in [-0.2, -0.15) is 0 Å². The molecule has 7 nitrogen and oxygen atoms in total. The van der Waals surface area contributed by atoms with Crippen LogP contribution in [0.4, 0.5) is 10.1 Å². The average molecular weight is 492 g/mol. The number of hydrogen-bond donors (Lipinski definition) is 1. The second kappa shape index (κ2) is 12.5. The first-order chi connectivity index (χ1) is 16.0. The van der Waals surface area contributed by atoms with Crippen LogP contribution < -0.4 is 9.62 Å². The Morgan fingerprint density at radius 1 is 1.09 bits per heavy atom. The molecule has 0 aliphatic carbocycles. The number of carbonyl (C=O) groups is 2. The van der Waals surface area contributed by atoms with Gasteiger partial charge in [0.15, 0.2) is 0 Å². The number of sulfonamides is 1. The molecule has 2 aromatic carbocycles. The van der Waals surface area contributed by atoms with E-state index in [1.807, 2.05) is 38.1 Å². The molecule has 0 bridgehead atoms. The maximum absolute atomic E-state index is 13.3. The number of benzene rings is 2. The molecule has 9 heteroatoms. The van der Waals surface area contributed by atoms with E-state index in [-0.39, 0.29) is 37.7 Å². The van der Waals surface area contributed by atoms with E-state index in [2.05, 4.69) is 5.32 Å². The highest BCUT2D eigenvalue weighted by Crippen LogP contribution is 2.20. The van der Waals surface area contributed by atoms with Crippen LogP contribution in [0.2, 0.25) is 0 Å².